The van der Waals surface area contributed by atoms with E-state index in [1.165, 1.54) is 0 Å². The van der Waals surface area contributed by atoms with Crippen LogP contribution in [0.5, 0.6) is 0 Å². The van der Waals surface area contributed by atoms with Crippen molar-refractivity contribution in [2.75, 3.05) is 7.05 Å². The van der Waals surface area contributed by atoms with Crippen LogP contribution in [0.25, 0.3) is 0 Å². The summed E-state index contributed by atoms with van der Waals surface area (Å²) < 4.78 is 0. The zero-order chi connectivity index (χ0) is 13.7. The van der Waals surface area contributed by atoms with Gasteiger partial charge in [0.15, 0.2) is 0 Å². The van der Waals surface area contributed by atoms with Crippen molar-refractivity contribution in [3.05, 3.63) is 35.4 Å². The topological polar surface area (TPSA) is 57.6 Å². The number of aromatic carboxylic acids is 1. The van der Waals surface area contributed by atoms with Crippen molar-refractivity contribution < 1.29 is 14.7 Å². The first-order valence-corrected chi connectivity index (χ1v) is 6.03. The predicted molar refractivity (Wildman–Crippen MR) is 69.3 cm³/mol. The van der Waals surface area contributed by atoms with Gasteiger partial charge < -0.3 is 10.0 Å². The molecule has 0 aliphatic carbocycles. The SMILES string of the molecule is CCC(C)C(=O)N(C)Cc1ccc(C(=O)O)cc1. The van der Waals surface area contributed by atoms with E-state index in [4.69, 9.17) is 5.11 Å². The van der Waals surface area contributed by atoms with E-state index in [9.17, 15) is 9.59 Å². The van der Waals surface area contributed by atoms with Crippen LogP contribution in [0.3, 0.4) is 0 Å². The molecule has 4 heteroatoms. The zero-order valence-electron chi connectivity index (χ0n) is 11.0. The maximum atomic E-state index is 11.9. The summed E-state index contributed by atoms with van der Waals surface area (Å²) in [5.74, 6) is -0.807. The highest BCUT2D eigenvalue weighted by Gasteiger charge is 2.15. The number of hydrogen-bond acceptors (Lipinski definition) is 2. The molecule has 0 spiro atoms. The third-order valence-electron chi connectivity index (χ3n) is 3.03. The Kier molecular flexibility index (Phi) is 4.89. The number of amides is 1. The Morgan fingerprint density at radius 3 is 2.28 bits per heavy atom. The number of benzene rings is 1. The Morgan fingerprint density at radius 1 is 1.28 bits per heavy atom. The van der Waals surface area contributed by atoms with Crippen molar-refractivity contribution in [3.8, 4) is 0 Å². The average molecular weight is 249 g/mol. The summed E-state index contributed by atoms with van der Waals surface area (Å²) in [5, 5.41) is 8.79. The number of rotatable bonds is 5. The number of carboxylic acids is 1. The van der Waals surface area contributed by atoms with Gasteiger partial charge in [0.1, 0.15) is 0 Å². The number of carbonyl (C=O) groups excluding carboxylic acids is 1. The highest BCUT2D eigenvalue weighted by molar-refractivity contribution is 5.87. The van der Waals surface area contributed by atoms with Crippen LogP contribution in [0.4, 0.5) is 0 Å². The quantitative estimate of drug-likeness (QED) is 0.871. The van der Waals surface area contributed by atoms with Gasteiger partial charge in [-0.3, -0.25) is 4.79 Å². The fourth-order valence-electron chi connectivity index (χ4n) is 1.66. The Bertz CT molecular complexity index is 425. The van der Waals surface area contributed by atoms with E-state index in [0.29, 0.717) is 6.54 Å². The standard InChI is InChI=1S/C14H19NO3/c1-4-10(2)13(16)15(3)9-11-5-7-12(8-6-11)14(17)18/h5-8,10H,4,9H2,1-3H3,(H,17,18). The van der Waals surface area contributed by atoms with Crippen LogP contribution in [-0.4, -0.2) is 28.9 Å². The van der Waals surface area contributed by atoms with Crippen molar-refractivity contribution in [3.63, 3.8) is 0 Å². The Labute approximate surface area is 107 Å². The molecule has 1 amide bonds. The van der Waals surface area contributed by atoms with Gasteiger partial charge in [0, 0.05) is 19.5 Å². The number of hydrogen-bond donors (Lipinski definition) is 1. The molecule has 0 aromatic heterocycles. The summed E-state index contributed by atoms with van der Waals surface area (Å²) >= 11 is 0. The molecule has 18 heavy (non-hydrogen) atoms. The van der Waals surface area contributed by atoms with Gasteiger partial charge in [0.25, 0.3) is 0 Å². The van der Waals surface area contributed by atoms with E-state index in [1.54, 1.807) is 36.2 Å². The van der Waals surface area contributed by atoms with Crippen LogP contribution in [0, 0.1) is 5.92 Å². The van der Waals surface area contributed by atoms with E-state index in [0.717, 1.165) is 12.0 Å². The highest BCUT2D eigenvalue weighted by Crippen LogP contribution is 2.10. The Balaban J connectivity index is 2.67. The fourth-order valence-corrected chi connectivity index (χ4v) is 1.66. The summed E-state index contributed by atoms with van der Waals surface area (Å²) in [6, 6.07) is 6.59. The van der Waals surface area contributed by atoms with E-state index >= 15 is 0 Å². The molecule has 1 atom stereocenters. The minimum atomic E-state index is -0.939. The second-order valence-electron chi connectivity index (χ2n) is 4.51. The molecule has 0 fully saturated rings. The normalized spacial score (nSPS) is 11.9. The molecule has 1 aromatic carbocycles. The van der Waals surface area contributed by atoms with Crippen molar-refractivity contribution in [2.24, 2.45) is 5.92 Å². The van der Waals surface area contributed by atoms with Gasteiger partial charge in [-0.05, 0) is 24.1 Å². The highest BCUT2D eigenvalue weighted by atomic mass is 16.4. The molecular formula is C14H19NO3. The largest absolute Gasteiger partial charge is 0.478 e. The molecule has 0 heterocycles. The van der Waals surface area contributed by atoms with Gasteiger partial charge in [0.2, 0.25) is 5.91 Å². The molecule has 0 bridgehead atoms. The summed E-state index contributed by atoms with van der Waals surface area (Å²) in [5.41, 5.74) is 1.19. The fraction of sp³-hybridized carbons (Fsp3) is 0.429. The van der Waals surface area contributed by atoms with Crippen molar-refractivity contribution >= 4 is 11.9 Å². The second kappa shape index (κ2) is 6.19. The average Bonchev–Trinajstić information content (AvgIpc) is 2.37. The predicted octanol–water partition coefficient (Wildman–Crippen LogP) is 2.39. The lowest BCUT2D eigenvalue weighted by Gasteiger charge is -2.20. The number of carboxylic acid groups (broad SMARTS) is 1. The van der Waals surface area contributed by atoms with Gasteiger partial charge in [-0.25, -0.2) is 4.79 Å². The van der Waals surface area contributed by atoms with Crippen LogP contribution < -0.4 is 0 Å². The third kappa shape index (κ3) is 3.58. The molecular weight excluding hydrogens is 230 g/mol. The molecule has 0 aliphatic heterocycles. The molecule has 0 radical (unpaired) electrons. The number of carbonyl (C=O) groups is 2. The molecule has 0 saturated heterocycles. The van der Waals surface area contributed by atoms with Gasteiger partial charge in [-0.1, -0.05) is 26.0 Å². The molecule has 1 N–H and O–H groups in total. The van der Waals surface area contributed by atoms with Crippen LogP contribution in [0.2, 0.25) is 0 Å². The first-order chi connectivity index (χ1) is 8.45. The smallest absolute Gasteiger partial charge is 0.335 e. The Hall–Kier alpha value is -1.84. The molecule has 4 nitrogen and oxygen atoms in total. The van der Waals surface area contributed by atoms with Crippen LogP contribution >= 0.6 is 0 Å². The van der Waals surface area contributed by atoms with Gasteiger partial charge in [0.05, 0.1) is 5.56 Å². The molecule has 1 unspecified atom stereocenters. The molecule has 0 saturated carbocycles. The van der Waals surface area contributed by atoms with Crippen LogP contribution in [-0.2, 0) is 11.3 Å². The summed E-state index contributed by atoms with van der Waals surface area (Å²) in [7, 11) is 1.76. The van der Waals surface area contributed by atoms with E-state index in [2.05, 4.69) is 0 Å². The van der Waals surface area contributed by atoms with Gasteiger partial charge in [-0.15, -0.1) is 0 Å². The number of nitrogens with zero attached hydrogens (tertiary/aromatic N) is 1. The van der Waals surface area contributed by atoms with Crippen molar-refractivity contribution in [1.82, 2.24) is 4.90 Å². The zero-order valence-corrected chi connectivity index (χ0v) is 11.0. The monoisotopic (exact) mass is 249 g/mol. The van der Waals surface area contributed by atoms with Crippen molar-refractivity contribution in [2.45, 2.75) is 26.8 Å². The van der Waals surface area contributed by atoms with Gasteiger partial charge in [-0.2, -0.15) is 0 Å². The summed E-state index contributed by atoms with van der Waals surface area (Å²) in [6.07, 6.45) is 0.821. The lowest BCUT2D eigenvalue weighted by Crippen LogP contribution is -2.30. The van der Waals surface area contributed by atoms with Gasteiger partial charge >= 0.3 is 5.97 Å². The molecule has 1 rings (SSSR count). The molecule has 0 aliphatic rings. The molecule has 98 valence electrons. The van der Waals surface area contributed by atoms with E-state index in [-0.39, 0.29) is 17.4 Å². The molecule has 1 aromatic rings. The second-order valence-corrected chi connectivity index (χ2v) is 4.51. The van der Waals surface area contributed by atoms with E-state index in [1.807, 2.05) is 13.8 Å². The lowest BCUT2D eigenvalue weighted by atomic mass is 10.1. The summed E-state index contributed by atoms with van der Waals surface area (Å²) in [4.78, 5) is 24.3. The minimum Gasteiger partial charge on any atom is -0.478 e. The van der Waals surface area contributed by atoms with E-state index < -0.39 is 5.97 Å². The first-order valence-electron chi connectivity index (χ1n) is 6.03. The maximum absolute atomic E-state index is 11.9. The van der Waals surface area contributed by atoms with Crippen molar-refractivity contribution in [1.29, 1.82) is 0 Å². The lowest BCUT2D eigenvalue weighted by molar-refractivity contribution is -0.134. The summed E-state index contributed by atoms with van der Waals surface area (Å²) in [6.45, 7) is 4.40. The first kappa shape index (κ1) is 14.2. The Morgan fingerprint density at radius 2 is 1.83 bits per heavy atom. The van der Waals surface area contributed by atoms with Crippen LogP contribution in [0.15, 0.2) is 24.3 Å². The third-order valence-corrected chi connectivity index (χ3v) is 3.03. The minimum absolute atomic E-state index is 0.0216. The van der Waals surface area contributed by atoms with Crippen LogP contribution in [0.1, 0.15) is 36.2 Å². The maximum Gasteiger partial charge on any atom is 0.335 e.